The molecule has 0 aliphatic rings. The highest BCUT2D eigenvalue weighted by molar-refractivity contribution is 7.98. The third kappa shape index (κ3) is 3.57. The van der Waals surface area contributed by atoms with Gasteiger partial charge < -0.3 is 10.4 Å². The molecule has 4 nitrogen and oxygen atoms in total. The highest BCUT2D eigenvalue weighted by atomic mass is 32.2. The van der Waals surface area contributed by atoms with Crippen molar-refractivity contribution in [1.82, 2.24) is 5.32 Å². The smallest absolute Gasteiger partial charge is 0.326 e. The van der Waals surface area contributed by atoms with Gasteiger partial charge in [-0.05, 0) is 42.4 Å². The Bertz CT molecular complexity index is 666. The predicted octanol–water partition coefficient (Wildman–Crippen LogP) is 3.15. The fourth-order valence-corrected chi connectivity index (χ4v) is 3.69. The molecule has 2 N–H and O–H groups in total. The van der Waals surface area contributed by atoms with Crippen molar-refractivity contribution >= 4 is 45.1 Å². The number of thiophene rings is 1. The van der Waals surface area contributed by atoms with Crippen molar-refractivity contribution in [3.05, 3.63) is 34.7 Å². The summed E-state index contributed by atoms with van der Waals surface area (Å²) in [5, 5.41) is 12.9. The summed E-state index contributed by atoms with van der Waals surface area (Å²) in [5.41, 5.74) is 0.905. The number of benzene rings is 1. The highest BCUT2D eigenvalue weighted by Gasteiger charge is 2.22. The van der Waals surface area contributed by atoms with Crippen molar-refractivity contribution in [3.8, 4) is 0 Å². The molecule has 6 heteroatoms. The third-order valence-electron chi connectivity index (χ3n) is 3.26. The van der Waals surface area contributed by atoms with Crippen LogP contribution in [0.25, 0.3) is 10.1 Å². The van der Waals surface area contributed by atoms with Crippen molar-refractivity contribution in [1.29, 1.82) is 0 Å². The number of amides is 1. The molecule has 2 aromatic rings. The predicted molar refractivity (Wildman–Crippen MR) is 88.5 cm³/mol. The van der Waals surface area contributed by atoms with Crippen LogP contribution < -0.4 is 5.32 Å². The second-order valence-corrected chi connectivity index (χ2v) is 6.74. The molecule has 0 saturated heterocycles. The number of carboxylic acid groups (broad SMARTS) is 1. The molecule has 1 aromatic carbocycles. The van der Waals surface area contributed by atoms with Crippen molar-refractivity contribution in [2.45, 2.75) is 19.4 Å². The topological polar surface area (TPSA) is 66.4 Å². The first kappa shape index (κ1) is 15.9. The molecule has 2 rings (SSSR count). The lowest BCUT2D eigenvalue weighted by Crippen LogP contribution is -2.41. The number of rotatable bonds is 6. The number of carbonyl (C=O) groups excluding carboxylic acids is 1. The third-order valence-corrected chi connectivity index (χ3v) is 5.18. The summed E-state index contributed by atoms with van der Waals surface area (Å²) in [6, 6.07) is 6.96. The van der Waals surface area contributed by atoms with E-state index in [0.717, 1.165) is 15.6 Å². The Kier molecular flexibility index (Phi) is 5.25. The van der Waals surface area contributed by atoms with Crippen molar-refractivity contribution in [3.63, 3.8) is 0 Å². The molecule has 0 aliphatic heterocycles. The molecule has 1 heterocycles. The van der Waals surface area contributed by atoms with E-state index in [-0.39, 0.29) is 5.91 Å². The van der Waals surface area contributed by atoms with Gasteiger partial charge in [-0.3, -0.25) is 4.79 Å². The van der Waals surface area contributed by atoms with Gasteiger partial charge in [0.1, 0.15) is 6.04 Å². The van der Waals surface area contributed by atoms with Crippen molar-refractivity contribution < 1.29 is 14.7 Å². The fourth-order valence-electron chi connectivity index (χ4n) is 2.11. The lowest BCUT2D eigenvalue weighted by molar-refractivity contribution is -0.139. The number of hydrogen-bond acceptors (Lipinski definition) is 4. The summed E-state index contributed by atoms with van der Waals surface area (Å²) in [6.45, 7) is 1.89. The average molecular weight is 323 g/mol. The minimum absolute atomic E-state index is 0.304. The van der Waals surface area contributed by atoms with Crippen molar-refractivity contribution in [2.75, 3.05) is 12.0 Å². The first-order valence-electron chi connectivity index (χ1n) is 6.55. The molecule has 0 radical (unpaired) electrons. The number of hydrogen-bond donors (Lipinski definition) is 2. The molecule has 112 valence electrons. The van der Waals surface area contributed by atoms with Gasteiger partial charge in [-0.15, -0.1) is 11.3 Å². The normalized spacial score (nSPS) is 12.3. The Balaban J connectivity index is 2.21. The molecule has 21 heavy (non-hydrogen) atoms. The van der Waals surface area contributed by atoms with Crippen LogP contribution in [0.5, 0.6) is 0 Å². The monoisotopic (exact) mass is 323 g/mol. The molecule has 1 atom stereocenters. The minimum atomic E-state index is -0.990. The van der Waals surface area contributed by atoms with Gasteiger partial charge in [-0.2, -0.15) is 11.8 Å². The zero-order valence-corrected chi connectivity index (χ0v) is 13.5. The Morgan fingerprint density at radius 3 is 2.71 bits per heavy atom. The van der Waals surface area contributed by atoms with E-state index >= 15 is 0 Å². The molecule has 1 amide bonds. The standard InChI is InChI=1S/C15H17NO3S2/c1-9-10-5-3-4-6-12(10)21-13(9)14(17)16-11(15(18)19)7-8-20-2/h3-6,11H,7-8H2,1-2H3,(H,16,17)(H,18,19)/t11-/m0/s1. The number of thioether (sulfide) groups is 1. The van der Waals surface area contributed by atoms with E-state index in [2.05, 4.69) is 5.32 Å². The second kappa shape index (κ2) is 6.95. The van der Waals surface area contributed by atoms with Gasteiger partial charge in [0.25, 0.3) is 5.91 Å². The maximum atomic E-state index is 12.3. The molecule has 0 aliphatic carbocycles. The van der Waals surface area contributed by atoms with Crippen LogP contribution in [0.4, 0.5) is 0 Å². The number of carbonyl (C=O) groups is 2. The van der Waals surface area contributed by atoms with Gasteiger partial charge in [0.2, 0.25) is 0 Å². The van der Waals surface area contributed by atoms with Crippen LogP contribution in [0.2, 0.25) is 0 Å². The Morgan fingerprint density at radius 1 is 1.38 bits per heavy atom. The number of aryl methyl sites for hydroxylation is 1. The SMILES string of the molecule is CSCC[C@H](NC(=O)c1sc2ccccc2c1C)C(=O)O. The van der Waals surface area contributed by atoms with Gasteiger partial charge in [-0.1, -0.05) is 18.2 Å². The quantitative estimate of drug-likeness (QED) is 0.857. The zero-order chi connectivity index (χ0) is 15.4. The molecule has 0 unspecified atom stereocenters. The van der Waals surface area contributed by atoms with E-state index in [4.69, 9.17) is 0 Å². The van der Waals surface area contributed by atoms with Gasteiger partial charge in [-0.25, -0.2) is 4.79 Å². The van der Waals surface area contributed by atoms with E-state index < -0.39 is 12.0 Å². The van der Waals surface area contributed by atoms with Crippen LogP contribution in [0.3, 0.4) is 0 Å². The van der Waals surface area contributed by atoms with E-state index in [0.29, 0.717) is 17.1 Å². The second-order valence-electron chi connectivity index (χ2n) is 4.70. The molecular formula is C15H17NO3S2. The van der Waals surface area contributed by atoms with E-state index in [1.54, 1.807) is 11.8 Å². The molecule has 0 bridgehead atoms. The number of aliphatic carboxylic acids is 1. The zero-order valence-electron chi connectivity index (χ0n) is 11.9. The highest BCUT2D eigenvalue weighted by Crippen LogP contribution is 2.30. The summed E-state index contributed by atoms with van der Waals surface area (Å²) in [7, 11) is 0. The summed E-state index contributed by atoms with van der Waals surface area (Å²) in [5.74, 6) is -0.596. The molecule has 1 aromatic heterocycles. The van der Waals surface area contributed by atoms with Crippen LogP contribution >= 0.6 is 23.1 Å². The lowest BCUT2D eigenvalue weighted by atomic mass is 10.1. The van der Waals surface area contributed by atoms with Crippen LogP contribution in [-0.2, 0) is 4.79 Å². The minimum Gasteiger partial charge on any atom is -0.480 e. The van der Waals surface area contributed by atoms with E-state index in [1.165, 1.54) is 11.3 Å². The molecule has 0 spiro atoms. The van der Waals surface area contributed by atoms with Crippen LogP contribution in [0.15, 0.2) is 24.3 Å². The average Bonchev–Trinajstić information content (AvgIpc) is 2.81. The molecule has 0 fully saturated rings. The van der Waals surface area contributed by atoms with Gasteiger partial charge >= 0.3 is 5.97 Å². The van der Waals surface area contributed by atoms with Gasteiger partial charge in [0, 0.05) is 4.70 Å². The first-order valence-corrected chi connectivity index (χ1v) is 8.76. The lowest BCUT2D eigenvalue weighted by Gasteiger charge is -2.13. The first-order chi connectivity index (χ1) is 10.0. The Morgan fingerprint density at radius 2 is 2.10 bits per heavy atom. The maximum Gasteiger partial charge on any atom is 0.326 e. The number of carboxylic acids is 1. The summed E-state index contributed by atoms with van der Waals surface area (Å²) in [6.07, 6.45) is 2.34. The van der Waals surface area contributed by atoms with E-state index in [1.807, 2.05) is 37.4 Å². The summed E-state index contributed by atoms with van der Waals surface area (Å²) in [4.78, 5) is 24.1. The molecule has 0 saturated carbocycles. The van der Waals surface area contributed by atoms with Crippen molar-refractivity contribution in [2.24, 2.45) is 0 Å². The summed E-state index contributed by atoms with van der Waals surface area (Å²) >= 11 is 2.96. The largest absolute Gasteiger partial charge is 0.480 e. The fraction of sp³-hybridized carbons (Fsp3) is 0.333. The Labute approximate surface area is 131 Å². The van der Waals surface area contributed by atoms with Crippen LogP contribution in [0.1, 0.15) is 21.7 Å². The molecular weight excluding hydrogens is 306 g/mol. The summed E-state index contributed by atoms with van der Waals surface area (Å²) < 4.78 is 1.04. The maximum absolute atomic E-state index is 12.3. The Hall–Kier alpha value is -1.53. The number of fused-ring (bicyclic) bond motifs is 1. The van der Waals surface area contributed by atoms with E-state index in [9.17, 15) is 14.7 Å². The van der Waals surface area contributed by atoms with Crippen LogP contribution in [-0.4, -0.2) is 35.0 Å². The number of nitrogens with one attached hydrogen (secondary N) is 1. The van der Waals surface area contributed by atoms with Gasteiger partial charge in [0.05, 0.1) is 4.88 Å². The van der Waals surface area contributed by atoms with Crippen LogP contribution in [0, 0.1) is 6.92 Å². The van der Waals surface area contributed by atoms with Gasteiger partial charge in [0.15, 0.2) is 0 Å².